The van der Waals surface area contributed by atoms with Crippen molar-refractivity contribution in [3.8, 4) is 5.88 Å². The summed E-state index contributed by atoms with van der Waals surface area (Å²) in [6, 6.07) is 15.1. The third-order valence-corrected chi connectivity index (χ3v) is 3.09. The first-order valence-electron chi connectivity index (χ1n) is 6.27. The smallest absolute Gasteiger partial charge is 0.345 e. The van der Waals surface area contributed by atoms with E-state index in [4.69, 9.17) is 9.84 Å². The molecule has 5 heteroatoms. The summed E-state index contributed by atoms with van der Waals surface area (Å²) < 4.78 is 5.22. The third kappa shape index (κ3) is 2.49. The van der Waals surface area contributed by atoms with Crippen molar-refractivity contribution >= 4 is 22.8 Å². The van der Waals surface area contributed by atoms with E-state index in [0.717, 1.165) is 10.9 Å². The molecule has 0 unspecified atom stereocenters. The van der Waals surface area contributed by atoms with Crippen LogP contribution in [0.3, 0.4) is 0 Å². The molecule has 3 aromatic rings. The summed E-state index contributed by atoms with van der Waals surface area (Å²) in [5.74, 6) is -1.60. The zero-order valence-electron chi connectivity index (χ0n) is 10.9. The lowest BCUT2D eigenvalue weighted by atomic mass is 10.1. The van der Waals surface area contributed by atoms with E-state index in [1.807, 2.05) is 24.3 Å². The molecule has 2 aromatic carbocycles. The Hall–Kier alpha value is -3.08. The minimum absolute atomic E-state index is 0.0173. The number of aromatic amines is 1. The Labute approximate surface area is 119 Å². The number of H-pyrrole nitrogens is 1. The average Bonchev–Trinajstić information content (AvgIpc) is 2.89. The molecule has 3 rings (SSSR count). The first-order chi connectivity index (χ1) is 10.1. The van der Waals surface area contributed by atoms with Gasteiger partial charge in [0.2, 0.25) is 5.88 Å². The molecule has 5 nitrogen and oxygen atoms in total. The highest BCUT2D eigenvalue weighted by Crippen LogP contribution is 2.21. The number of hydrogen-bond donors (Lipinski definition) is 2. The predicted octanol–water partition coefficient (Wildman–Crippen LogP) is 3.09. The number of carboxylic acid groups (broad SMARTS) is 1. The van der Waals surface area contributed by atoms with Gasteiger partial charge in [-0.2, -0.15) is 0 Å². The van der Waals surface area contributed by atoms with Crippen molar-refractivity contribution in [3.63, 3.8) is 0 Å². The largest absolute Gasteiger partial charge is 0.478 e. The molecule has 2 N–H and O–H groups in total. The van der Waals surface area contributed by atoms with Crippen molar-refractivity contribution in [2.24, 2.45) is 0 Å². The average molecular weight is 281 g/mol. The maximum Gasteiger partial charge on any atom is 0.345 e. The van der Waals surface area contributed by atoms with Crippen LogP contribution in [0, 0.1) is 0 Å². The van der Waals surface area contributed by atoms with Gasteiger partial charge in [0.05, 0.1) is 11.1 Å². The normalized spacial score (nSPS) is 10.5. The predicted molar refractivity (Wildman–Crippen MR) is 76.7 cm³/mol. The van der Waals surface area contributed by atoms with Gasteiger partial charge in [0.1, 0.15) is 0 Å². The van der Waals surface area contributed by atoms with Gasteiger partial charge in [-0.1, -0.05) is 30.3 Å². The van der Waals surface area contributed by atoms with Crippen LogP contribution in [0.15, 0.2) is 54.6 Å². The number of hydrogen-bond acceptors (Lipinski definition) is 3. The molecule has 0 aliphatic heterocycles. The number of carboxylic acids is 1. The van der Waals surface area contributed by atoms with E-state index in [0.29, 0.717) is 0 Å². The standard InChI is InChI=1S/C16H11NO4/c18-15(19)11-6-2-3-7-12(11)16(20)21-14-9-10-5-1-4-8-13(10)17-14/h1-9,17H,(H,18,19). The number of carbonyl (C=O) groups excluding carboxylic acids is 1. The second-order valence-corrected chi connectivity index (χ2v) is 4.46. The number of rotatable bonds is 3. The van der Waals surface area contributed by atoms with Gasteiger partial charge in [-0.25, -0.2) is 9.59 Å². The van der Waals surface area contributed by atoms with Gasteiger partial charge in [-0.15, -0.1) is 0 Å². The number of para-hydroxylation sites is 1. The molecule has 0 saturated heterocycles. The van der Waals surface area contributed by atoms with Crippen LogP contribution in [-0.4, -0.2) is 22.0 Å². The fourth-order valence-electron chi connectivity index (χ4n) is 2.10. The Morgan fingerprint density at radius 2 is 1.62 bits per heavy atom. The van der Waals surface area contributed by atoms with Crippen molar-refractivity contribution in [3.05, 3.63) is 65.7 Å². The molecular weight excluding hydrogens is 270 g/mol. The fourth-order valence-corrected chi connectivity index (χ4v) is 2.10. The van der Waals surface area contributed by atoms with E-state index in [2.05, 4.69) is 4.98 Å². The van der Waals surface area contributed by atoms with Gasteiger partial charge in [0.25, 0.3) is 0 Å². The number of esters is 1. The number of nitrogens with one attached hydrogen (secondary N) is 1. The number of fused-ring (bicyclic) bond motifs is 1. The summed E-state index contributed by atoms with van der Waals surface area (Å²) in [6.07, 6.45) is 0. The quantitative estimate of drug-likeness (QED) is 0.723. The van der Waals surface area contributed by atoms with Crippen LogP contribution < -0.4 is 4.74 Å². The van der Waals surface area contributed by atoms with Gasteiger partial charge < -0.3 is 14.8 Å². The van der Waals surface area contributed by atoms with E-state index in [1.54, 1.807) is 18.2 Å². The molecule has 21 heavy (non-hydrogen) atoms. The molecule has 0 fully saturated rings. The Morgan fingerprint density at radius 1 is 0.952 bits per heavy atom. The third-order valence-electron chi connectivity index (χ3n) is 3.09. The molecule has 0 aliphatic carbocycles. The van der Waals surface area contributed by atoms with Crippen molar-refractivity contribution in [1.82, 2.24) is 4.98 Å². The molecular formula is C16H11NO4. The van der Waals surface area contributed by atoms with Crippen LogP contribution in [0.25, 0.3) is 10.9 Å². The van der Waals surface area contributed by atoms with Crippen LogP contribution in [0.1, 0.15) is 20.7 Å². The van der Waals surface area contributed by atoms with Gasteiger partial charge in [0.15, 0.2) is 0 Å². The van der Waals surface area contributed by atoms with Crippen LogP contribution >= 0.6 is 0 Å². The fraction of sp³-hybridized carbons (Fsp3) is 0. The van der Waals surface area contributed by atoms with E-state index in [9.17, 15) is 9.59 Å². The van der Waals surface area contributed by atoms with Crippen molar-refractivity contribution in [2.45, 2.75) is 0 Å². The lowest BCUT2D eigenvalue weighted by Crippen LogP contribution is -2.14. The van der Waals surface area contributed by atoms with E-state index in [-0.39, 0.29) is 17.0 Å². The minimum atomic E-state index is -1.17. The van der Waals surface area contributed by atoms with Crippen molar-refractivity contribution in [2.75, 3.05) is 0 Å². The molecule has 0 atom stereocenters. The summed E-state index contributed by atoms with van der Waals surface area (Å²) >= 11 is 0. The SMILES string of the molecule is O=C(O)c1ccccc1C(=O)Oc1cc2ccccc2[nH]1. The Kier molecular flexibility index (Phi) is 3.16. The number of carbonyl (C=O) groups is 2. The molecule has 0 bridgehead atoms. The van der Waals surface area contributed by atoms with Crippen molar-refractivity contribution < 1.29 is 19.4 Å². The summed E-state index contributed by atoms with van der Waals surface area (Å²) in [5.41, 5.74) is 0.772. The number of aromatic carboxylic acids is 1. The monoisotopic (exact) mass is 281 g/mol. The van der Waals surface area contributed by atoms with Gasteiger partial charge in [-0.05, 0) is 18.2 Å². The Morgan fingerprint density at radius 3 is 2.33 bits per heavy atom. The zero-order valence-corrected chi connectivity index (χ0v) is 10.9. The molecule has 0 saturated carbocycles. The lowest BCUT2D eigenvalue weighted by Gasteiger charge is -2.04. The number of ether oxygens (including phenoxy) is 1. The van der Waals surface area contributed by atoms with Gasteiger partial charge in [-0.3, -0.25) is 0 Å². The van der Waals surface area contributed by atoms with Crippen LogP contribution in [0.5, 0.6) is 5.88 Å². The second-order valence-electron chi connectivity index (χ2n) is 4.46. The molecule has 0 aliphatic rings. The van der Waals surface area contributed by atoms with E-state index in [1.165, 1.54) is 12.1 Å². The zero-order chi connectivity index (χ0) is 14.8. The highest BCUT2D eigenvalue weighted by Gasteiger charge is 2.18. The van der Waals surface area contributed by atoms with E-state index < -0.39 is 11.9 Å². The van der Waals surface area contributed by atoms with Gasteiger partial charge in [0, 0.05) is 17.0 Å². The maximum atomic E-state index is 12.1. The van der Waals surface area contributed by atoms with Gasteiger partial charge >= 0.3 is 11.9 Å². The highest BCUT2D eigenvalue weighted by atomic mass is 16.5. The van der Waals surface area contributed by atoms with Crippen LogP contribution in [0.4, 0.5) is 0 Å². The molecule has 0 spiro atoms. The number of aromatic nitrogens is 1. The number of benzene rings is 2. The van der Waals surface area contributed by atoms with Crippen LogP contribution in [0.2, 0.25) is 0 Å². The minimum Gasteiger partial charge on any atom is -0.478 e. The molecule has 0 radical (unpaired) electrons. The highest BCUT2D eigenvalue weighted by molar-refractivity contribution is 6.03. The Bertz CT molecular complexity index is 802. The molecule has 0 amide bonds. The second kappa shape index (κ2) is 5.13. The molecule has 1 heterocycles. The summed E-state index contributed by atoms with van der Waals surface area (Å²) in [7, 11) is 0. The summed E-state index contributed by atoms with van der Waals surface area (Å²) in [6.45, 7) is 0. The lowest BCUT2D eigenvalue weighted by molar-refractivity contribution is 0.0666. The first-order valence-corrected chi connectivity index (χ1v) is 6.27. The topological polar surface area (TPSA) is 79.4 Å². The summed E-state index contributed by atoms with van der Waals surface area (Å²) in [4.78, 5) is 26.2. The Balaban J connectivity index is 1.91. The van der Waals surface area contributed by atoms with Crippen LogP contribution in [-0.2, 0) is 0 Å². The first kappa shape index (κ1) is 12.9. The molecule has 104 valence electrons. The maximum absolute atomic E-state index is 12.1. The van der Waals surface area contributed by atoms with E-state index >= 15 is 0 Å². The van der Waals surface area contributed by atoms with Crippen molar-refractivity contribution in [1.29, 1.82) is 0 Å². The molecule has 1 aromatic heterocycles. The summed E-state index contributed by atoms with van der Waals surface area (Å²) in [5, 5.41) is 9.99.